The van der Waals surface area contributed by atoms with Crippen LogP contribution in [0.1, 0.15) is 16.1 Å². The third-order valence-corrected chi connectivity index (χ3v) is 4.96. The van der Waals surface area contributed by atoms with Crippen LogP contribution >= 0.6 is 15.9 Å². The zero-order valence-corrected chi connectivity index (χ0v) is 15.0. The lowest BCUT2D eigenvalue weighted by Gasteiger charge is -2.17. The average molecular weight is 394 g/mol. The summed E-state index contributed by atoms with van der Waals surface area (Å²) in [5.74, 6) is -0.0580. The van der Waals surface area contributed by atoms with Crippen molar-refractivity contribution in [2.45, 2.75) is 6.42 Å². The summed E-state index contributed by atoms with van der Waals surface area (Å²) >= 11 is 3.51. The van der Waals surface area contributed by atoms with E-state index in [2.05, 4.69) is 32.3 Å². The number of benzene rings is 2. The number of nitrogens with one attached hydrogen (secondary N) is 1. The molecule has 25 heavy (non-hydrogen) atoms. The molecule has 0 radical (unpaired) electrons. The molecule has 0 bridgehead atoms. The van der Waals surface area contributed by atoms with Gasteiger partial charge in [0.1, 0.15) is 5.69 Å². The van der Waals surface area contributed by atoms with Crippen LogP contribution < -0.4 is 10.2 Å². The van der Waals surface area contributed by atoms with Crippen molar-refractivity contribution < 1.29 is 4.79 Å². The van der Waals surface area contributed by atoms with Gasteiger partial charge in [0, 0.05) is 16.7 Å². The fourth-order valence-corrected chi connectivity index (χ4v) is 3.38. The number of aromatic nitrogens is 1. The van der Waals surface area contributed by atoms with E-state index in [0.29, 0.717) is 12.2 Å². The Bertz CT molecular complexity index is 924. The van der Waals surface area contributed by atoms with E-state index in [1.807, 2.05) is 48.5 Å². The maximum absolute atomic E-state index is 12.8. The minimum atomic E-state index is -0.0580. The van der Waals surface area contributed by atoms with E-state index in [4.69, 9.17) is 0 Å². The molecular weight excluding hydrogens is 378 g/mol. The quantitative estimate of drug-likeness (QED) is 0.695. The van der Waals surface area contributed by atoms with E-state index in [9.17, 15) is 4.79 Å². The largest absolute Gasteiger partial charge is 0.353 e. The Labute approximate surface area is 154 Å². The fourth-order valence-electron chi connectivity index (χ4n) is 3.00. The lowest BCUT2D eigenvalue weighted by Crippen LogP contribution is -2.29. The molecule has 4 nitrogen and oxygen atoms in total. The number of para-hydroxylation sites is 2. The Morgan fingerprint density at radius 1 is 1.04 bits per heavy atom. The molecule has 2 heterocycles. The molecule has 3 aromatic rings. The van der Waals surface area contributed by atoms with Gasteiger partial charge >= 0.3 is 0 Å². The second-order valence-electron chi connectivity index (χ2n) is 5.87. The van der Waals surface area contributed by atoms with Crippen LogP contribution in [-0.4, -0.2) is 17.4 Å². The predicted octanol–water partition coefficient (Wildman–Crippen LogP) is 4.79. The molecule has 1 amide bonds. The van der Waals surface area contributed by atoms with Crippen molar-refractivity contribution in [2.75, 3.05) is 16.8 Å². The number of fused-ring (bicyclic) bond motifs is 1. The lowest BCUT2D eigenvalue weighted by molar-refractivity contribution is 0.0984. The maximum Gasteiger partial charge on any atom is 0.276 e. The number of hydrogen-bond acceptors (Lipinski definition) is 3. The number of carbonyl (C=O) groups is 1. The van der Waals surface area contributed by atoms with Gasteiger partial charge in [-0.05, 0) is 58.2 Å². The first-order chi connectivity index (χ1) is 12.2. The average Bonchev–Trinajstić information content (AvgIpc) is 3.08. The van der Waals surface area contributed by atoms with Crippen LogP contribution in [0.25, 0.3) is 0 Å². The summed E-state index contributed by atoms with van der Waals surface area (Å²) in [6, 6.07) is 19.5. The zero-order chi connectivity index (χ0) is 17.2. The number of hydrogen-bond donors (Lipinski definition) is 1. The summed E-state index contributed by atoms with van der Waals surface area (Å²) in [5.41, 5.74) is 4.45. The minimum absolute atomic E-state index is 0.0580. The Morgan fingerprint density at radius 3 is 2.64 bits per heavy atom. The van der Waals surface area contributed by atoms with Crippen molar-refractivity contribution >= 4 is 38.9 Å². The number of anilines is 3. The molecule has 4 rings (SSSR count). The van der Waals surface area contributed by atoms with Gasteiger partial charge in [0.25, 0.3) is 5.91 Å². The van der Waals surface area contributed by atoms with Crippen LogP contribution in [0.15, 0.2) is 71.3 Å². The molecule has 0 saturated heterocycles. The molecule has 1 aliphatic heterocycles. The number of rotatable bonds is 3. The van der Waals surface area contributed by atoms with Gasteiger partial charge in [-0.2, -0.15) is 0 Å². The molecular formula is C20H16BrN3O. The highest BCUT2D eigenvalue weighted by Crippen LogP contribution is 2.29. The Morgan fingerprint density at radius 2 is 1.84 bits per heavy atom. The normalized spacial score (nSPS) is 12.8. The fraction of sp³-hybridized carbons (Fsp3) is 0.100. The minimum Gasteiger partial charge on any atom is -0.353 e. The van der Waals surface area contributed by atoms with E-state index in [0.717, 1.165) is 28.0 Å². The predicted molar refractivity (Wildman–Crippen MR) is 103 cm³/mol. The Hall–Kier alpha value is -2.66. The molecule has 1 aromatic heterocycles. The second-order valence-corrected chi connectivity index (χ2v) is 6.73. The highest BCUT2D eigenvalue weighted by atomic mass is 79.9. The lowest BCUT2D eigenvalue weighted by atomic mass is 10.2. The smallest absolute Gasteiger partial charge is 0.276 e. The van der Waals surface area contributed by atoms with Crippen molar-refractivity contribution in [3.63, 3.8) is 0 Å². The first-order valence-electron chi connectivity index (χ1n) is 8.10. The van der Waals surface area contributed by atoms with Crippen molar-refractivity contribution in [1.82, 2.24) is 4.98 Å². The highest BCUT2D eigenvalue weighted by Gasteiger charge is 2.25. The van der Waals surface area contributed by atoms with Gasteiger partial charge in [0.05, 0.1) is 17.6 Å². The molecule has 1 aliphatic rings. The van der Waals surface area contributed by atoms with Crippen molar-refractivity contribution in [2.24, 2.45) is 0 Å². The maximum atomic E-state index is 12.8. The molecule has 0 spiro atoms. The number of nitrogens with zero attached hydrogens (tertiary/aromatic N) is 2. The van der Waals surface area contributed by atoms with Gasteiger partial charge < -0.3 is 10.2 Å². The zero-order valence-electron chi connectivity index (χ0n) is 13.4. The van der Waals surface area contributed by atoms with Crippen LogP contribution in [-0.2, 0) is 6.42 Å². The van der Waals surface area contributed by atoms with E-state index in [1.54, 1.807) is 17.2 Å². The molecule has 5 heteroatoms. The Balaban J connectivity index is 1.53. The van der Waals surface area contributed by atoms with Gasteiger partial charge in [0.2, 0.25) is 0 Å². The van der Waals surface area contributed by atoms with Crippen molar-refractivity contribution in [3.8, 4) is 0 Å². The number of carbonyl (C=O) groups excluding carboxylic acids is 1. The number of amides is 1. The van der Waals surface area contributed by atoms with Crippen molar-refractivity contribution in [1.29, 1.82) is 0 Å². The van der Waals surface area contributed by atoms with Crippen molar-refractivity contribution in [3.05, 3.63) is 82.6 Å². The van der Waals surface area contributed by atoms with Crippen LogP contribution in [0.4, 0.5) is 17.1 Å². The SMILES string of the molecule is O=C(c1ccc(Nc2ccccc2Br)cn1)N1CCc2ccccc21. The van der Waals surface area contributed by atoms with E-state index in [1.165, 1.54) is 5.56 Å². The second kappa shape index (κ2) is 6.69. The number of pyridine rings is 1. The topological polar surface area (TPSA) is 45.2 Å². The van der Waals surface area contributed by atoms with Gasteiger partial charge in [-0.15, -0.1) is 0 Å². The van der Waals surface area contributed by atoms with Gasteiger partial charge in [-0.1, -0.05) is 30.3 Å². The van der Waals surface area contributed by atoms with E-state index < -0.39 is 0 Å². The summed E-state index contributed by atoms with van der Waals surface area (Å²) in [4.78, 5) is 18.9. The number of halogens is 1. The Kier molecular flexibility index (Phi) is 4.24. The molecule has 0 aliphatic carbocycles. The standard InChI is InChI=1S/C20H16BrN3O/c21-16-6-2-3-7-17(16)23-15-9-10-18(22-13-15)20(25)24-12-11-14-5-1-4-8-19(14)24/h1-10,13,23H,11-12H2. The summed E-state index contributed by atoms with van der Waals surface area (Å²) in [6.07, 6.45) is 2.58. The molecule has 2 aromatic carbocycles. The molecule has 0 unspecified atom stereocenters. The van der Waals surface area contributed by atoms with Gasteiger partial charge in [0.15, 0.2) is 0 Å². The van der Waals surface area contributed by atoms with E-state index >= 15 is 0 Å². The molecule has 1 N–H and O–H groups in total. The first kappa shape index (κ1) is 15.8. The molecule has 0 atom stereocenters. The third kappa shape index (κ3) is 3.15. The van der Waals surface area contributed by atoms with Crippen LogP contribution in [0.3, 0.4) is 0 Å². The summed E-state index contributed by atoms with van der Waals surface area (Å²) in [6.45, 7) is 0.705. The molecule has 124 valence electrons. The molecule has 0 fully saturated rings. The third-order valence-electron chi connectivity index (χ3n) is 4.27. The van der Waals surface area contributed by atoms with Gasteiger partial charge in [-0.3, -0.25) is 4.79 Å². The van der Waals surface area contributed by atoms with Gasteiger partial charge in [-0.25, -0.2) is 4.98 Å². The van der Waals surface area contributed by atoms with Crippen LogP contribution in [0, 0.1) is 0 Å². The van der Waals surface area contributed by atoms with Crippen LogP contribution in [0.2, 0.25) is 0 Å². The monoisotopic (exact) mass is 393 g/mol. The highest BCUT2D eigenvalue weighted by molar-refractivity contribution is 9.10. The van der Waals surface area contributed by atoms with E-state index in [-0.39, 0.29) is 5.91 Å². The summed E-state index contributed by atoms with van der Waals surface area (Å²) < 4.78 is 0.976. The van der Waals surface area contributed by atoms with Crippen LogP contribution in [0.5, 0.6) is 0 Å². The first-order valence-corrected chi connectivity index (χ1v) is 8.89. The summed E-state index contributed by atoms with van der Waals surface area (Å²) in [5, 5.41) is 3.29. The summed E-state index contributed by atoms with van der Waals surface area (Å²) in [7, 11) is 0. The molecule has 0 saturated carbocycles.